The summed E-state index contributed by atoms with van der Waals surface area (Å²) in [4.78, 5) is 57.4. The SMILES string of the molecule is C[C@H](CSC(=O)c1ccccc1)C(=O)N1[C@H](C(=O)N[C@@H](Cc2ccccc2)C(=O)O)CS[C@H]1c1ccncc1. The lowest BCUT2D eigenvalue weighted by atomic mass is 10.0. The van der Waals surface area contributed by atoms with E-state index in [-0.39, 0.29) is 23.2 Å². The molecule has 10 heteroatoms. The Balaban J connectivity index is 1.51. The van der Waals surface area contributed by atoms with Gasteiger partial charge in [0, 0.05) is 41.8 Å². The van der Waals surface area contributed by atoms with Crippen LogP contribution in [0.2, 0.25) is 0 Å². The van der Waals surface area contributed by atoms with Gasteiger partial charge in [-0.2, -0.15) is 0 Å². The fraction of sp³-hybridized carbons (Fsp3) is 0.276. The third-order valence-corrected chi connectivity index (χ3v) is 8.83. The number of rotatable bonds is 10. The highest BCUT2D eigenvalue weighted by atomic mass is 32.2. The molecule has 2 aromatic carbocycles. The van der Waals surface area contributed by atoms with E-state index in [0.717, 1.165) is 22.9 Å². The van der Waals surface area contributed by atoms with Crippen molar-refractivity contribution in [2.75, 3.05) is 11.5 Å². The van der Waals surface area contributed by atoms with Crippen LogP contribution >= 0.6 is 23.5 Å². The third-order valence-electron chi connectivity index (χ3n) is 6.34. The van der Waals surface area contributed by atoms with Crippen LogP contribution in [0, 0.1) is 5.92 Å². The van der Waals surface area contributed by atoms with E-state index in [4.69, 9.17) is 0 Å². The Hall–Kier alpha value is -3.63. The molecule has 1 aliphatic rings. The summed E-state index contributed by atoms with van der Waals surface area (Å²) < 4.78 is 0. The summed E-state index contributed by atoms with van der Waals surface area (Å²) in [6, 6.07) is 19.5. The minimum Gasteiger partial charge on any atom is -0.480 e. The average molecular weight is 564 g/mol. The number of amides is 2. The number of aliphatic carboxylic acids is 1. The number of benzene rings is 2. The van der Waals surface area contributed by atoms with E-state index in [2.05, 4.69) is 10.3 Å². The number of hydrogen-bond acceptors (Lipinski definition) is 7. The molecule has 1 aromatic heterocycles. The van der Waals surface area contributed by atoms with E-state index in [1.807, 2.05) is 24.3 Å². The summed E-state index contributed by atoms with van der Waals surface area (Å²) in [6.45, 7) is 1.74. The maximum absolute atomic E-state index is 13.8. The van der Waals surface area contributed by atoms with Crippen LogP contribution in [0.15, 0.2) is 85.2 Å². The second-order valence-electron chi connectivity index (χ2n) is 9.18. The van der Waals surface area contributed by atoms with Gasteiger partial charge in [-0.1, -0.05) is 79.3 Å². The van der Waals surface area contributed by atoms with Gasteiger partial charge in [0.2, 0.25) is 16.9 Å². The molecule has 0 radical (unpaired) electrons. The average Bonchev–Trinajstić information content (AvgIpc) is 3.42. The van der Waals surface area contributed by atoms with Crippen molar-refractivity contribution in [2.24, 2.45) is 5.92 Å². The van der Waals surface area contributed by atoms with Gasteiger partial charge in [0.25, 0.3) is 0 Å². The van der Waals surface area contributed by atoms with Crippen LogP contribution in [0.4, 0.5) is 0 Å². The molecule has 202 valence electrons. The minimum absolute atomic E-state index is 0.123. The molecule has 2 N–H and O–H groups in total. The van der Waals surface area contributed by atoms with Crippen molar-refractivity contribution < 1.29 is 24.3 Å². The Labute approximate surface area is 235 Å². The Morgan fingerprint density at radius 1 is 1.03 bits per heavy atom. The first-order chi connectivity index (χ1) is 18.8. The summed E-state index contributed by atoms with van der Waals surface area (Å²) in [5.41, 5.74) is 2.16. The number of thioether (sulfide) groups is 2. The van der Waals surface area contributed by atoms with E-state index in [9.17, 15) is 24.3 Å². The number of pyridine rings is 1. The van der Waals surface area contributed by atoms with Crippen LogP contribution in [0.3, 0.4) is 0 Å². The molecule has 3 aromatic rings. The Bertz CT molecular complexity index is 1290. The quantitative estimate of drug-likeness (QED) is 0.380. The minimum atomic E-state index is -1.15. The summed E-state index contributed by atoms with van der Waals surface area (Å²) >= 11 is 2.51. The van der Waals surface area contributed by atoms with Crippen molar-refractivity contribution in [1.29, 1.82) is 0 Å². The first-order valence-electron chi connectivity index (χ1n) is 12.5. The van der Waals surface area contributed by atoms with E-state index >= 15 is 0 Å². The Morgan fingerprint density at radius 2 is 1.67 bits per heavy atom. The van der Waals surface area contributed by atoms with Crippen LogP contribution in [-0.2, 0) is 20.8 Å². The summed E-state index contributed by atoms with van der Waals surface area (Å²) in [7, 11) is 0. The molecule has 0 unspecified atom stereocenters. The van der Waals surface area contributed by atoms with Crippen LogP contribution in [0.25, 0.3) is 0 Å². The van der Waals surface area contributed by atoms with Gasteiger partial charge in [-0.25, -0.2) is 4.79 Å². The first kappa shape index (κ1) is 28.4. The molecule has 4 rings (SSSR count). The Morgan fingerprint density at radius 3 is 2.31 bits per heavy atom. The highest BCUT2D eigenvalue weighted by molar-refractivity contribution is 8.14. The number of carboxylic acid groups (broad SMARTS) is 1. The number of nitrogens with one attached hydrogen (secondary N) is 1. The molecule has 39 heavy (non-hydrogen) atoms. The van der Waals surface area contributed by atoms with Crippen LogP contribution in [0.1, 0.15) is 33.8 Å². The first-order valence-corrected chi connectivity index (χ1v) is 14.5. The van der Waals surface area contributed by atoms with Crippen LogP contribution < -0.4 is 5.32 Å². The lowest BCUT2D eigenvalue weighted by Crippen LogP contribution is -2.53. The molecular weight excluding hydrogens is 534 g/mol. The molecule has 2 heterocycles. The second kappa shape index (κ2) is 13.4. The molecule has 1 fully saturated rings. The van der Waals surface area contributed by atoms with Gasteiger partial charge in [-0.3, -0.25) is 19.4 Å². The second-order valence-corrected chi connectivity index (χ2v) is 11.3. The number of carboxylic acids is 1. The lowest BCUT2D eigenvalue weighted by molar-refractivity contribution is -0.145. The number of carbonyl (C=O) groups is 4. The van der Waals surface area contributed by atoms with Gasteiger partial charge in [-0.15, -0.1) is 11.8 Å². The molecule has 8 nitrogen and oxygen atoms in total. The maximum Gasteiger partial charge on any atom is 0.326 e. The zero-order valence-corrected chi connectivity index (χ0v) is 22.9. The maximum atomic E-state index is 13.8. The summed E-state index contributed by atoms with van der Waals surface area (Å²) in [5.74, 6) is -1.94. The molecule has 1 saturated heterocycles. The summed E-state index contributed by atoms with van der Waals surface area (Å²) in [6.07, 6.45) is 3.38. The predicted octanol–water partition coefficient (Wildman–Crippen LogP) is 4.05. The van der Waals surface area contributed by atoms with E-state index in [0.29, 0.717) is 11.3 Å². The van der Waals surface area contributed by atoms with Crippen molar-refractivity contribution in [2.45, 2.75) is 30.8 Å². The zero-order chi connectivity index (χ0) is 27.8. The molecule has 0 aliphatic carbocycles. The molecular formula is C29H29N3O5S2. The predicted molar refractivity (Wildman–Crippen MR) is 152 cm³/mol. The number of hydrogen-bond donors (Lipinski definition) is 2. The topological polar surface area (TPSA) is 117 Å². The molecule has 2 amide bonds. The van der Waals surface area contributed by atoms with E-state index in [1.54, 1.807) is 67.8 Å². The monoisotopic (exact) mass is 563 g/mol. The number of carbonyl (C=O) groups excluding carboxylic acids is 3. The number of nitrogens with zero attached hydrogens (tertiary/aromatic N) is 2. The molecule has 0 bridgehead atoms. The van der Waals surface area contributed by atoms with Crippen LogP contribution in [0.5, 0.6) is 0 Å². The lowest BCUT2D eigenvalue weighted by Gasteiger charge is -2.31. The normalized spacial score (nSPS) is 18.2. The molecule has 0 spiro atoms. The smallest absolute Gasteiger partial charge is 0.326 e. The molecule has 0 saturated carbocycles. The van der Waals surface area contributed by atoms with Gasteiger partial charge in [0.15, 0.2) is 0 Å². The van der Waals surface area contributed by atoms with Gasteiger partial charge < -0.3 is 15.3 Å². The fourth-order valence-corrected chi connectivity index (χ4v) is 6.55. The molecule has 1 aliphatic heterocycles. The van der Waals surface area contributed by atoms with Crippen molar-refractivity contribution in [3.05, 3.63) is 102 Å². The van der Waals surface area contributed by atoms with Crippen molar-refractivity contribution in [3.8, 4) is 0 Å². The van der Waals surface area contributed by atoms with Gasteiger partial charge in [-0.05, 0) is 23.3 Å². The van der Waals surface area contributed by atoms with Gasteiger partial charge in [0.1, 0.15) is 17.5 Å². The van der Waals surface area contributed by atoms with Crippen LogP contribution in [-0.4, -0.2) is 61.5 Å². The largest absolute Gasteiger partial charge is 0.480 e. The standard InChI is InChI=1S/C29H29N3O5S2/c1-19(17-39-29(37)22-10-6-3-7-11-22)26(34)32-24(18-38-27(32)21-12-14-30-15-13-21)25(33)31-23(28(35)36)16-20-8-4-2-5-9-20/h2-15,19,23-24,27H,16-18H2,1H3,(H,31,33)(H,35,36)/t19-,23+,24+,27+/m1/s1. The van der Waals surface area contributed by atoms with E-state index < -0.39 is 35.3 Å². The zero-order valence-electron chi connectivity index (χ0n) is 21.3. The van der Waals surface area contributed by atoms with Crippen molar-refractivity contribution in [3.63, 3.8) is 0 Å². The van der Waals surface area contributed by atoms with Crippen molar-refractivity contribution in [1.82, 2.24) is 15.2 Å². The summed E-state index contributed by atoms with van der Waals surface area (Å²) in [5, 5.41) is 11.9. The Kier molecular flexibility index (Phi) is 9.78. The molecule has 4 atom stereocenters. The van der Waals surface area contributed by atoms with E-state index in [1.165, 1.54) is 16.7 Å². The fourth-order valence-electron chi connectivity index (χ4n) is 4.26. The van der Waals surface area contributed by atoms with Crippen molar-refractivity contribution >= 4 is 46.4 Å². The van der Waals surface area contributed by atoms with Gasteiger partial charge >= 0.3 is 5.97 Å². The highest BCUT2D eigenvalue weighted by Gasteiger charge is 2.44. The number of aromatic nitrogens is 1. The van der Waals surface area contributed by atoms with Gasteiger partial charge in [0.05, 0.1) is 0 Å². The third kappa shape index (κ3) is 7.27. The highest BCUT2D eigenvalue weighted by Crippen LogP contribution is 2.42.